The smallest absolute Gasteiger partial charge is 0.221 e. The average Bonchev–Trinajstić information content (AvgIpc) is 2.41. The lowest BCUT2D eigenvalue weighted by molar-refractivity contribution is -0.114. The molecule has 4 nitrogen and oxygen atoms in total. The first-order valence-corrected chi connectivity index (χ1v) is 6.96. The van der Waals surface area contributed by atoms with Crippen molar-refractivity contribution in [2.24, 2.45) is 11.7 Å². The van der Waals surface area contributed by atoms with E-state index in [0.717, 1.165) is 31.9 Å². The topological polar surface area (TPSA) is 58.4 Å². The first-order chi connectivity index (χ1) is 9.17. The van der Waals surface area contributed by atoms with E-state index < -0.39 is 0 Å². The monoisotopic (exact) mass is 261 g/mol. The van der Waals surface area contributed by atoms with Gasteiger partial charge < -0.3 is 11.1 Å². The van der Waals surface area contributed by atoms with E-state index in [2.05, 4.69) is 22.3 Å². The van der Waals surface area contributed by atoms with Gasteiger partial charge in [-0.2, -0.15) is 0 Å². The van der Waals surface area contributed by atoms with Gasteiger partial charge in [0.2, 0.25) is 5.91 Å². The molecule has 3 N–H and O–H groups in total. The zero-order chi connectivity index (χ0) is 13.7. The van der Waals surface area contributed by atoms with Gasteiger partial charge in [-0.05, 0) is 49.5 Å². The van der Waals surface area contributed by atoms with E-state index in [0.29, 0.717) is 5.92 Å². The predicted octanol–water partition coefficient (Wildman–Crippen LogP) is 1.82. The molecule has 1 aromatic carbocycles. The molecule has 1 unspecified atom stereocenters. The van der Waals surface area contributed by atoms with Crippen molar-refractivity contribution in [3.05, 3.63) is 29.8 Å². The lowest BCUT2D eigenvalue weighted by Gasteiger charge is -2.32. The summed E-state index contributed by atoms with van der Waals surface area (Å²) in [6, 6.07) is 8.08. The Kier molecular flexibility index (Phi) is 4.93. The van der Waals surface area contributed by atoms with Crippen LogP contribution in [0.5, 0.6) is 0 Å². The largest absolute Gasteiger partial charge is 0.330 e. The number of nitrogens with zero attached hydrogens (tertiary/aromatic N) is 1. The maximum absolute atomic E-state index is 11.0. The average molecular weight is 261 g/mol. The van der Waals surface area contributed by atoms with Crippen LogP contribution in [0, 0.1) is 5.92 Å². The van der Waals surface area contributed by atoms with E-state index in [1.54, 1.807) is 0 Å². The zero-order valence-corrected chi connectivity index (χ0v) is 11.6. The highest BCUT2D eigenvalue weighted by Gasteiger charge is 2.18. The Balaban J connectivity index is 1.90. The van der Waals surface area contributed by atoms with Gasteiger partial charge in [-0.15, -0.1) is 0 Å². The lowest BCUT2D eigenvalue weighted by Crippen LogP contribution is -2.37. The molecule has 4 heteroatoms. The number of carbonyl (C=O) groups excluding carboxylic acids is 1. The highest BCUT2D eigenvalue weighted by molar-refractivity contribution is 5.88. The van der Waals surface area contributed by atoms with Crippen molar-refractivity contribution in [1.82, 2.24) is 4.90 Å². The van der Waals surface area contributed by atoms with E-state index in [1.807, 2.05) is 12.1 Å². The molecular formula is C15H23N3O. The molecule has 0 bridgehead atoms. The van der Waals surface area contributed by atoms with E-state index in [4.69, 9.17) is 5.73 Å². The number of benzene rings is 1. The minimum Gasteiger partial charge on any atom is -0.330 e. The summed E-state index contributed by atoms with van der Waals surface area (Å²) in [6.45, 7) is 5.54. The zero-order valence-electron chi connectivity index (χ0n) is 11.6. The van der Waals surface area contributed by atoms with Crippen LogP contribution in [0.3, 0.4) is 0 Å². The van der Waals surface area contributed by atoms with Gasteiger partial charge in [-0.25, -0.2) is 0 Å². The summed E-state index contributed by atoms with van der Waals surface area (Å²) in [6.07, 6.45) is 2.50. The van der Waals surface area contributed by atoms with E-state index in [9.17, 15) is 4.79 Å². The second kappa shape index (κ2) is 6.68. The van der Waals surface area contributed by atoms with Crippen molar-refractivity contribution in [2.45, 2.75) is 26.3 Å². The van der Waals surface area contributed by atoms with Crippen LogP contribution >= 0.6 is 0 Å². The van der Waals surface area contributed by atoms with E-state index in [-0.39, 0.29) is 5.91 Å². The second-order valence-corrected chi connectivity index (χ2v) is 5.36. The van der Waals surface area contributed by atoms with Crippen LogP contribution in [0.4, 0.5) is 5.69 Å². The Hall–Kier alpha value is -1.39. The van der Waals surface area contributed by atoms with Crippen LogP contribution in [-0.4, -0.2) is 30.4 Å². The maximum atomic E-state index is 11.0. The molecule has 1 atom stereocenters. The highest BCUT2D eigenvalue weighted by atomic mass is 16.1. The summed E-state index contributed by atoms with van der Waals surface area (Å²) >= 11 is 0. The van der Waals surface area contributed by atoms with E-state index >= 15 is 0 Å². The number of piperidine rings is 1. The first-order valence-electron chi connectivity index (χ1n) is 6.96. The minimum atomic E-state index is -0.0328. The molecule has 0 saturated carbocycles. The third-order valence-electron chi connectivity index (χ3n) is 3.62. The number of carbonyl (C=O) groups is 1. The molecule has 1 amide bonds. The Bertz CT molecular complexity index is 416. The van der Waals surface area contributed by atoms with Gasteiger partial charge in [-0.3, -0.25) is 9.69 Å². The molecule has 19 heavy (non-hydrogen) atoms. The van der Waals surface area contributed by atoms with Gasteiger partial charge in [0.05, 0.1) is 0 Å². The number of nitrogens with two attached hydrogens (primary N) is 1. The fourth-order valence-electron chi connectivity index (χ4n) is 2.64. The van der Waals surface area contributed by atoms with Crippen molar-refractivity contribution in [3.63, 3.8) is 0 Å². The summed E-state index contributed by atoms with van der Waals surface area (Å²) in [7, 11) is 0. The SMILES string of the molecule is CC(=O)Nc1ccc(CN2CCCC(CN)C2)cc1. The fraction of sp³-hybridized carbons (Fsp3) is 0.533. The fourth-order valence-corrected chi connectivity index (χ4v) is 2.64. The molecule has 0 radical (unpaired) electrons. The standard InChI is InChI=1S/C15H23N3O/c1-12(19)17-15-6-4-13(5-7-15)10-18-8-2-3-14(9-16)11-18/h4-7,14H,2-3,8-11,16H2,1H3,(H,17,19). The Morgan fingerprint density at radius 3 is 2.79 bits per heavy atom. The van der Waals surface area contributed by atoms with Crippen LogP contribution in [0.2, 0.25) is 0 Å². The van der Waals surface area contributed by atoms with Gasteiger partial charge in [0.15, 0.2) is 0 Å². The van der Waals surface area contributed by atoms with Gasteiger partial charge in [0, 0.05) is 25.7 Å². The van der Waals surface area contributed by atoms with Crippen molar-refractivity contribution in [2.75, 3.05) is 25.0 Å². The lowest BCUT2D eigenvalue weighted by atomic mass is 9.98. The molecule has 2 rings (SSSR count). The van der Waals surface area contributed by atoms with Crippen molar-refractivity contribution >= 4 is 11.6 Å². The Morgan fingerprint density at radius 1 is 1.42 bits per heavy atom. The summed E-state index contributed by atoms with van der Waals surface area (Å²) in [5.74, 6) is 0.613. The van der Waals surface area contributed by atoms with Crippen LogP contribution < -0.4 is 11.1 Å². The molecule has 1 heterocycles. The van der Waals surface area contributed by atoms with Crippen LogP contribution in [0.1, 0.15) is 25.3 Å². The van der Waals surface area contributed by atoms with Crippen LogP contribution in [0.15, 0.2) is 24.3 Å². The molecule has 1 aliphatic heterocycles. The number of rotatable bonds is 4. The molecule has 0 aliphatic carbocycles. The second-order valence-electron chi connectivity index (χ2n) is 5.36. The van der Waals surface area contributed by atoms with Crippen molar-refractivity contribution in [3.8, 4) is 0 Å². The Labute approximate surface area is 115 Å². The van der Waals surface area contributed by atoms with Gasteiger partial charge in [-0.1, -0.05) is 12.1 Å². The quantitative estimate of drug-likeness (QED) is 0.869. The predicted molar refractivity (Wildman–Crippen MR) is 77.8 cm³/mol. The van der Waals surface area contributed by atoms with Gasteiger partial charge in [0.1, 0.15) is 0 Å². The number of hydrogen-bond donors (Lipinski definition) is 2. The molecular weight excluding hydrogens is 238 g/mol. The number of nitrogens with one attached hydrogen (secondary N) is 1. The third kappa shape index (κ3) is 4.33. The summed E-state index contributed by atoms with van der Waals surface area (Å²) in [4.78, 5) is 13.4. The Morgan fingerprint density at radius 2 is 2.16 bits per heavy atom. The number of amides is 1. The van der Waals surface area contributed by atoms with Gasteiger partial charge in [0.25, 0.3) is 0 Å². The molecule has 104 valence electrons. The highest BCUT2D eigenvalue weighted by Crippen LogP contribution is 2.18. The molecule has 0 spiro atoms. The normalized spacial score (nSPS) is 20.2. The minimum absolute atomic E-state index is 0.0328. The molecule has 1 aromatic rings. The number of hydrogen-bond acceptors (Lipinski definition) is 3. The van der Waals surface area contributed by atoms with Crippen LogP contribution in [-0.2, 0) is 11.3 Å². The van der Waals surface area contributed by atoms with Crippen molar-refractivity contribution < 1.29 is 4.79 Å². The van der Waals surface area contributed by atoms with Crippen LogP contribution in [0.25, 0.3) is 0 Å². The summed E-state index contributed by atoms with van der Waals surface area (Å²) < 4.78 is 0. The molecule has 1 saturated heterocycles. The molecule has 1 fully saturated rings. The summed E-state index contributed by atoms with van der Waals surface area (Å²) in [5, 5.41) is 2.78. The van der Waals surface area contributed by atoms with E-state index in [1.165, 1.54) is 25.3 Å². The first kappa shape index (κ1) is 14.0. The molecule has 0 aromatic heterocycles. The number of anilines is 1. The maximum Gasteiger partial charge on any atom is 0.221 e. The van der Waals surface area contributed by atoms with Crippen molar-refractivity contribution in [1.29, 1.82) is 0 Å². The molecule has 1 aliphatic rings. The summed E-state index contributed by atoms with van der Waals surface area (Å²) in [5.41, 5.74) is 7.90. The third-order valence-corrected chi connectivity index (χ3v) is 3.62. The van der Waals surface area contributed by atoms with Gasteiger partial charge >= 0.3 is 0 Å². The number of likely N-dealkylation sites (tertiary alicyclic amines) is 1.